The summed E-state index contributed by atoms with van der Waals surface area (Å²) in [6.07, 6.45) is 0. The molecule has 0 radical (unpaired) electrons. The van der Waals surface area contributed by atoms with E-state index in [0.29, 0.717) is 0 Å². The third-order valence-electron chi connectivity index (χ3n) is 3.41. The molecule has 0 unspecified atom stereocenters. The van der Waals surface area contributed by atoms with Crippen LogP contribution in [0, 0.1) is 5.82 Å². The Morgan fingerprint density at radius 3 is 2.40 bits per heavy atom. The lowest BCUT2D eigenvalue weighted by molar-refractivity contribution is 0.313. The molecule has 3 nitrogen and oxygen atoms in total. The van der Waals surface area contributed by atoms with Crippen LogP contribution in [-0.2, 0) is 0 Å². The van der Waals surface area contributed by atoms with Crippen LogP contribution in [0.4, 0.5) is 9.52 Å². The van der Waals surface area contributed by atoms with Crippen LogP contribution in [0.5, 0.6) is 0 Å². The molecule has 0 saturated carbocycles. The third-order valence-corrected chi connectivity index (χ3v) is 4.31. The second-order valence-corrected chi connectivity index (χ2v) is 5.65. The largest absolute Gasteiger partial charge is 0.346 e. The molecule has 1 aromatic carbocycles. The van der Waals surface area contributed by atoms with Gasteiger partial charge in [0.15, 0.2) is 5.13 Å². The summed E-state index contributed by atoms with van der Waals surface area (Å²) in [5.74, 6) is -0.210. The summed E-state index contributed by atoms with van der Waals surface area (Å²) in [6, 6.07) is 6.50. The van der Waals surface area contributed by atoms with Gasteiger partial charge in [-0.3, -0.25) is 0 Å². The van der Waals surface area contributed by atoms with Crippen LogP contribution >= 0.6 is 23.7 Å². The Bertz CT molecular complexity index is 550. The average Bonchev–Trinajstić information content (AvgIpc) is 2.90. The van der Waals surface area contributed by atoms with E-state index in [9.17, 15) is 4.39 Å². The van der Waals surface area contributed by atoms with Crippen molar-refractivity contribution in [1.82, 2.24) is 9.88 Å². The van der Waals surface area contributed by atoms with E-state index in [1.807, 2.05) is 5.38 Å². The summed E-state index contributed by atoms with van der Waals surface area (Å²) in [6.45, 7) is 4.19. The number of halogens is 2. The molecule has 6 heteroatoms. The topological polar surface area (TPSA) is 19.4 Å². The quantitative estimate of drug-likeness (QED) is 0.849. The predicted octanol–water partition coefficient (Wildman–Crippen LogP) is 3.12. The molecule has 0 amide bonds. The molecule has 3 rings (SSSR count). The summed E-state index contributed by atoms with van der Waals surface area (Å²) in [7, 11) is 2.14. The number of anilines is 1. The lowest BCUT2D eigenvalue weighted by Crippen LogP contribution is -2.44. The molecule has 2 heterocycles. The molecule has 0 aliphatic carbocycles. The normalized spacial score (nSPS) is 16.0. The summed E-state index contributed by atoms with van der Waals surface area (Å²) in [4.78, 5) is 9.30. The maximum Gasteiger partial charge on any atom is 0.185 e. The Labute approximate surface area is 128 Å². The van der Waals surface area contributed by atoms with Gasteiger partial charge >= 0.3 is 0 Å². The number of piperazine rings is 1. The number of nitrogens with zero attached hydrogens (tertiary/aromatic N) is 3. The Hall–Kier alpha value is -1.17. The molecule has 1 aliphatic heterocycles. The molecule has 108 valence electrons. The molecule has 20 heavy (non-hydrogen) atoms. The average molecular weight is 314 g/mol. The minimum Gasteiger partial charge on any atom is -0.346 e. The molecule has 1 saturated heterocycles. The zero-order chi connectivity index (χ0) is 13.2. The van der Waals surface area contributed by atoms with Crippen molar-refractivity contribution in [3.05, 3.63) is 35.5 Å². The van der Waals surface area contributed by atoms with Gasteiger partial charge < -0.3 is 9.80 Å². The summed E-state index contributed by atoms with van der Waals surface area (Å²) >= 11 is 1.66. The van der Waals surface area contributed by atoms with Crippen LogP contribution in [0.3, 0.4) is 0 Å². The zero-order valence-corrected chi connectivity index (χ0v) is 12.9. The molecule has 0 N–H and O–H groups in total. The van der Waals surface area contributed by atoms with E-state index in [1.165, 1.54) is 12.1 Å². The second-order valence-electron chi connectivity index (χ2n) is 4.81. The van der Waals surface area contributed by atoms with Crippen LogP contribution in [0.15, 0.2) is 29.6 Å². The molecule has 1 aliphatic rings. The van der Waals surface area contributed by atoms with E-state index in [0.717, 1.165) is 42.6 Å². The number of aromatic nitrogens is 1. The molecule has 0 atom stereocenters. The fraction of sp³-hybridized carbons (Fsp3) is 0.357. The second kappa shape index (κ2) is 6.52. The van der Waals surface area contributed by atoms with Crippen molar-refractivity contribution in [3.63, 3.8) is 0 Å². The molecule has 2 aromatic rings. The van der Waals surface area contributed by atoms with Crippen molar-refractivity contribution in [2.24, 2.45) is 0 Å². The summed E-state index contributed by atoms with van der Waals surface area (Å²) in [5.41, 5.74) is 1.90. The van der Waals surface area contributed by atoms with E-state index >= 15 is 0 Å². The smallest absolute Gasteiger partial charge is 0.185 e. The zero-order valence-electron chi connectivity index (χ0n) is 11.3. The van der Waals surface area contributed by atoms with Gasteiger partial charge in [-0.15, -0.1) is 23.7 Å². The fourth-order valence-electron chi connectivity index (χ4n) is 2.16. The molecule has 1 aromatic heterocycles. The predicted molar refractivity (Wildman–Crippen MR) is 84.5 cm³/mol. The molecule has 1 fully saturated rings. The van der Waals surface area contributed by atoms with Crippen LogP contribution in [0.2, 0.25) is 0 Å². The Morgan fingerprint density at radius 1 is 1.10 bits per heavy atom. The van der Waals surface area contributed by atoms with Crippen LogP contribution < -0.4 is 4.90 Å². The van der Waals surface area contributed by atoms with Gasteiger partial charge in [0.05, 0.1) is 5.69 Å². The molecular weight excluding hydrogens is 297 g/mol. The summed E-state index contributed by atoms with van der Waals surface area (Å²) < 4.78 is 12.9. The van der Waals surface area contributed by atoms with Gasteiger partial charge in [-0.1, -0.05) is 0 Å². The first kappa shape index (κ1) is 15.2. The maximum absolute atomic E-state index is 12.9. The number of thiazole rings is 1. The monoisotopic (exact) mass is 313 g/mol. The number of benzene rings is 1. The Morgan fingerprint density at radius 2 is 1.75 bits per heavy atom. The van der Waals surface area contributed by atoms with E-state index in [-0.39, 0.29) is 18.2 Å². The first-order valence-corrected chi connectivity index (χ1v) is 7.25. The van der Waals surface area contributed by atoms with Crippen molar-refractivity contribution < 1.29 is 4.39 Å². The first-order chi connectivity index (χ1) is 9.22. The highest BCUT2D eigenvalue weighted by Gasteiger charge is 2.17. The number of hydrogen-bond acceptors (Lipinski definition) is 4. The number of likely N-dealkylation sites (N-methyl/N-ethyl adjacent to an activating group) is 1. The van der Waals surface area contributed by atoms with Gasteiger partial charge in [-0.25, -0.2) is 9.37 Å². The number of rotatable bonds is 2. The molecule has 0 spiro atoms. The summed E-state index contributed by atoms with van der Waals surface area (Å²) in [5, 5.41) is 3.10. The van der Waals surface area contributed by atoms with Crippen LogP contribution in [-0.4, -0.2) is 43.1 Å². The molecular formula is C14H17ClFN3S. The highest BCUT2D eigenvalue weighted by Crippen LogP contribution is 2.28. The van der Waals surface area contributed by atoms with Gasteiger partial charge in [0, 0.05) is 37.1 Å². The van der Waals surface area contributed by atoms with Gasteiger partial charge in [-0.2, -0.15) is 0 Å². The van der Waals surface area contributed by atoms with Crippen molar-refractivity contribution in [1.29, 1.82) is 0 Å². The minimum atomic E-state index is -0.210. The fourth-order valence-corrected chi connectivity index (χ4v) is 3.05. The van der Waals surface area contributed by atoms with E-state index in [1.54, 1.807) is 23.5 Å². The van der Waals surface area contributed by atoms with Crippen molar-refractivity contribution in [2.75, 3.05) is 38.1 Å². The Kier molecular flexibility index (Phi) is 4.96. The lowest BCUT2D eigenvalue weighted by atomic mass is 10.2. The first-order valence-electron chi connectivity index (χ1n) is 6.37. The Balaban J connectivity index is 0.00000147. The van der Waals surface area contributed by atoms with Gasteiger partial charge in [-0.05, 0) is 31.3 Å². The maximum atomic E-state index is 12.9. The van der Waals surface area contributed by atoms with Crippen molar-refractivity contribution in [3.8, 4) is 11.3 Å². The van der Waals surface area contributed by atoms with Crippen LogP contribution in [0.1, 0.15) is 0 Å². The SMILES string of the molecule is CN1CCN(c2nc(-c3ccc(F)cc3)cs2)CC1.Cl. The highest BCUT2D eigenvalue weighted by molar-refractivity contribution is 7.14. The van der Waals surface area contributed by atoms with E-state index in [2.05, 4.69) is 21.8 Å². The molecule has 0 bridgehead atoms. The van der Waals surface area contributed by atoms with Crippen LogP contribution in [0.25, 0.3) is 11.3 Å². The van der Waals surface area contributed by atoms with Gasteiger partial charge in [0.2, 0.25) is 0 Å². The van der Waals surface area contributed by atoms with Crippen molar-refractivity contribution in [2.45, 2.75) is 0 Å². The standard InChI is InChI=1S/C14H16FN3S.ClH/c1-17-6-8-18(9-7-17)14-16-13(10-19-14)11-2-4-12(15)5-3-11;/h2-5,10H,6-9H2,1H3;1H. The van der Waals surface area contributed by atoms with Crippen molar-refractivity contribution >= 4 is 28.9 Å². The van der Waals surface area contributed by atoms with Gasteiger partial charge in [0.1, 0.15) is 5.82 Å². The minimum absolute atomic E-state index is 0. The number of hydrogen-bond donors (Lipinski definition) is 0. The van der Waals surface area contributed by atoms with E-state index < -0.39 is 0 Å². The lowest BCUT2D eigenvalue weighted by Gasteiger charge is -2.32. The highest BCUT2D eigenvalue weighted by atomic mass is 35.5. The van der Waals surface area contributed by atoms with Gasteiger partial charge in [0.25, 0.3) is 0 Å². The van der Waals surface area contributed by atoms with E-state index in [4.69, 9.17) is 0 Å². The third kappa shape index (κ3) is 3.29.